The van der Waals surface area contributed by atoms with Crippen LogP contribution in [0.2, 0.25) is 0 Å². The Morgan fingerprint density at radius 2 is 1.66 bits per heavy atom. The van der Waals surface area contributed by atoms with E-state index in [1.165, 1.54) is 23.8 Å². The number of likely N-dealkylation sites (N-methyl/N-ethyl adjacent to an activating group) is 1. The van der Waals surface area contributed by atoms with Crippen LogP contribution < -0.4 is 0 Å². The Labute approximate surface area is 173 Å². The van der Waals surface area contributed by atoms with Crippen LogP contribution in [0.15, 0.2) is 48.5 Å². The maximum atomic E-state index is 14.7. The van der Waals surface area contributed by atoms with Gasteiger partial charge in [-0.25, -0.2) is 8.78 Å². The molecule has 2 aromatic rings. The maximum absolute atomic E-state index is 14.7. The number of nitriles is 1. The molecule has 154 valence electrons. The average Bonchev–Trinajstić information content (AvgIpc) is 3.27. The first-order chi connectivity index (χ1) is 14.1. The van der Waals surface area contributed by atoms with Gasteiger partial charge in [0.2, 0.25) is 0 Å². The summed E-state index contributed by atoms with van der Waals surface area (Å²) in [6.45, 7) is 1.72. The van der Waals surface area contributed by atoms with E-state index in [1.807, 2.05) is 18.2 Å². The van der Waals surface area contributed by atoms with Crippen LogP contribution in [-0.4, -0.2) is 25.0 Å². The third kappa shape index (κ3) is 5.03. The third-order valence-electron chi connectivity index (χ3n) is 6.40. The van der Waals surface area contributed by atoms with Gasteiger partial charge in [-0.05, 0) is 69.3 Å². The predicted molar refractivity (Wildman–Crippen MR) is 112 cm³/mol. The molecule has 1 saturated carbocycles. The summed E-state index contributed by atoms with van der Waals surface area (Å²) in [5.41, 5.74) is 0.207. The van der Waals surface area contributed by atoms with Crippen molar-refractivity contribution in [3.05, 3.63) is 71.3 Å². The Balaban J connectivity index is 1.68. The van der Waals surface area contributed by atoms with Gasteiger partial charge in [0.15, 0.2) is 0 Å². The number of hydrogen-bond acceptors (Lipinski definition) is 2. The summed E-state index contributed by atoms with van der Waals surface area (Å²) in [6.07, 6.45) is 5.98. The molecule has 0 spiro atoms. The summed E-state index contributed by atoms with van der Waals surface area (Å²) in [6, 6.07) is 16.7. The lowest BCUT2D eigenvalue weighted by Gasteiger charge is -2.34. The van der Waals surface area contributed by atoms with Crippen molar-refractivity contribution in [3.63, 3.8) is 0 Å². The van der Waals surface area contributed by atoms with Crippen LogP contribution >= 0.6 is 0 Å². The number of hydrogen-bond donors (Lipinski definition) is 0. The first kappa shape index (κ1) is 21.5. The van der Waals surface area contributed by atoms with Gasteiger partial charge in [0, 0.05) is 12.1 Å². The van der Waals surface area contributed by atoms with E-state index in [2.05, 4.69) is 30.1 Å². The van der Waals surface area contributed by atoms with E-state index in [0.29, 0.717) is 6.42 Å². The van der Waals surface area contributed by atoms with Crippen molar-refractivity contribution in [2.45, 2.75) is 50.4 Å². The van der Waals surface area contributed by atoms with Gasteiger partial charge in [-0.3, -0.25) is 0 Å². The van der Waals surface area contributed by atoms with E-state index >= 15 is 0 Å². The van der Waals surface area contributed by atoms with E-state index in [-0.39, 0.29) is 11.5 Å². The van der Waals surface area contributed by atoms with Crippen LogP contribution in [0.25, 0.3) is 0 Å². The van der Waals surface area contributed by atoms with Crippen molar-refractivity contribution in [2.24, 2.45) is 5.92 Å². The van der Waals surface area contributed by atoms with Gasteiger partial charge in [0.05, 0.1) is 11.5 Å². The summed E-state index contributed by atoms with van der Waals surface area (Å²) in [4.78, 5) is 2.24. The molecule has 0 saturated heterocycles. The summed E-state index contributed by atoms with van der Waals surface area (Å²) in [7, 11) is 2.07. The molecule has 2 nitrogen and oxygen atoms in total. The van der Waals surface area contributed by atoms with Crippen LogP contribution in [0.3, 0.4) is 0 Å². The fourth-order valence-corrected chi connectivity index (χ4v) is 4.78. The van der Waals surface area contributed by atoms with Crippen LogP contribution in [-0.2, 0) is 11.8 Å². The lowest BCUT2D eigenvalue weighted by molar-refractivity contribution is 0.267. The fraction of sp³-hybridized carbons (Fsp3) is 0.480. The lowest BCUT2D eigenvalue weighted by atomic mass is 9.67. The smallest absolute Gasteiger partial charge is 0.130 e. The third-order valence-corrected chi connectivity index (χ3v) is 6.40. The molecule has 3 rings (SSSR count). The average molecular weight is 397 g/mol. The summed E-state index contributed by atoms with van der Waals surface area (Å²) >= 11 is 0. The molecule has 4 heteroatoms. The van der Waals surface area contributed by atoms with E-state index < -0.39 is 17.0 Å². The van der Waals surface area contributed by atoms with Gasteiger partial charge >= 0.3 is 0 Å². The monoisotopic (exact) mass is 396 g/mol. The van der Waals surface area contributed by atoms with E-state index in [9.17, 15) is 14.0 Å². The highest BCUT2D eigenvalue weighted by atomic mass is 19.1. The van der Waals surface area contributed by atoms with Gasteiger partial charge in [0.25, 0.3) is 0 Å². The standard InChI is InChI=1S/C25H30F2N2/c1-29(18-15-20-9-3-2-4-10-20)17-8-16-25(19-28,21-11-5-6-12-21)24-22(26)13-7-14-23(24)27/h2-4,7,9-10,13-14,21H,5-6,8,11-12,15-18H2,1H3. The summed E-state index contributed by atoms with van der Waals surface area (Å²) in [5, 5.41) is 10.2. The molecule has 1 atom stereocenters. The zero-order valence-electron chi connectivity index (χ0n) is 17.2. The second-order valence-electron chi connectivity index (χ2n) is 8.30. The van der Waals surface area contributed by atoms with Crippen molar-refractivity contribution in [1.29, 1.82) is 5.26 Å². The molecule has 0 aliphatic heterocycles. The first-order valence-corrected chi connectivity index (χ1v) is 10.6. The van der Waals surface area contributed by atoms with Gasteiger partial charge in [-0.2, -0.15) is 5.26 Å². The molecule has 0 heterocycles. The number of nitrogens with zero attached hydrogens (tertiary/aromatic N) is 2. The van der Waals surface area contributed by atoms with Crippen LogP contribution in [0.5, 0.6) is 0 Å². The van der Waals surface area contributed by atoms with Crippen molar-refractivity contribution in [2.75, 3.05) is 20.1 Å². The number of rotatable bonds is 9. The van der Waals surface area contributed by atoms with E-state index in [1.54, 1.807) is 0 Å². The number of benzene rings is 2. The van der Waals surface area contributed by atoms with Crippen molar-refractivity contribution < 1.29 is 8.78 Å². The molecule has 0 bridgehead atoms. The molecular formula is C25H30F2N2. The van der Waals surface area contributed by atoms with Crippen LogP contribution in [0.4, 0.5) is 8.78 Å². The predicted octanol–water partition coefficient (Wildman–Crippen LogP) is 5.87. The van der Waals surface area contributed by atoms with Gasteiger partial charge in [-0.1, -0.05) is 49.2 Å². The van der Waals surface area contributed by atoms with E-state index in [4.69, 9.17) is 0 Å². The zero-order valence-corrected chi connectivity index (χ0v) is 17.2. The van der Waals surface area contributed by atoms with Crippen molar-refractivity contribution in [3.8, 4) is 6.07 Å². The van der Waals surface area contributed by atoms with Gasteiger partial charge < -0.3 is 4.90 Å². The number of halogens is 2. The molecule has 1 aliphatic carbocycles. The highest BCUT2D eigenvalue weighted by Gasteiger charge is 2.45. The molecule has 0 radical (unpaired) electrons. The van der Waals surface area contributed by atoms with Gasteiger partial charge in [-0.15, -0.1) is 0 Å². The Bertz CT molecular complexity index is 804. The topological polar surface area (TPSA) is 27.0 Å². The first-order valence-electron chi connectivity index (χ1n) is 10.6. The molecule has 0 amide bonds. The molecule has 2 aromatic carbocycles. The van der Waals surface area contributed by atoms with Crippen LogP contribution in [0.1, 0.15) is 49.7 Å². The molecule has 29 heavy (non-hydrogen) atoms. The van der Waals surface area contributed by atoms with Gasteiger partial charge in [0.1, 0.15) is 11.6 Å². The largest absolute Gasteiger partial charge is 0.306 e. The molecule has 0 N–H and O–H groups in total. The molecule has 1 unspecified atom stereocenters. The maximum Gasteiger partial charge on any atom is 0.130 e. The van der Waals surface area contributed by atoms with Crippen LogP contribution in [0, 0.1) is 28.9 Å². The highest BCUT2D eigenvalue weighted by Crippen LogP contribution is 2.46. The quantitative estimate of drug-likeness (QED) is 0.530. The molecule has 0 aromatic heterocycles. The second-order valence-corrected chi connectivity index (χ2v) is 8.30. The summed E-state index contributed by atoms with van der Waals surface area (Å²) in [5.74, 6) is -1.15. The minimum absolute atomic E-state index is 0.0126. The molecular weight excluding hydrogens is 366 g/mol. The molecule has 1 fully saturated rings. The second kappa shape index (κ2) is 9.98. The fourth-order valence-electron chi connectivity index (χ4n) is 4.78. The summed E-state index contributed by atoms with van der Waals surface area (Å²) < 4.78 is 29.4. The Hall–Kier alpha value is -2.25. The Morgan fingerprint density at radius 3 is 2.28 bits per heavy atom. The Kier molecular flexibility index (Phi) is 7.39. The van der Waals surface area contributed by atoms with E-state index in [0.717, 1.165) is 51.6 Å². The SMILES string of the molecule is CN(CCCC(C#N)(c1c(F)cccc1F)C1CCCC1)CCc1ccccc1. The Morgan fingerprint density at radius 1 is 1.00 bits per heavy atom. The molecule has 1 aliphatic rings. The zero-order chi connectivity index (χ0) is 20.7. The minimum atomic E-state index is -1.08. The van der Waals surface area contributed by atoms with Crippen molar-refractivity contribution >= 4 is 0 Å². The normalized spacial score (nSPS) is 16.7. The van der Waals surface area contributed by atoms with Crippen molar-refractivity contribution in [1.82, 2.24) is 4.90 Å². The lowest BCUT2D eigenvalue weighted by Crippen LogP contribution is -2.36. The minimum Gasteiger partial charge on any atom is -0.306 e. The highest BCUT2D eigenvalue weighted by molar-refractivity contribution is 5.36.